The third kappa shape index (κ3) is 4.64. The number of hydrogen-bond acceptors (Lipinski definition) is 4. The largest absolute Gasteiger partial charge is 0.477 e. The van der Waals surface area contributed by atoms with Crippen LogP contribution in [0.5, 0.6) is 0 Å². The van der Waals surface area contributed by atoms with E-state index in [0.717, 1.165) is 5.56 Å². The Morgan fingerprint density at radius 3 is 2.54 bits per heavy atom. The Kier molecular flexibility index (Phi) is 5.57. The van der Waals surface area contributed by atoms with E-state index in [1.807, 2.05) is 43.3 Å². The maximum Gasteiger partial charge on any atom is 0.354 e. The van der Waals surface area contributed by atoms with E-state index < -0.39 is 15.7 Å². The molecule has 0 saturated carbocycles. The van der Waals surface area contributed by atoms with Crippen LogP contribution >= 0.6 is 0 Å². The van der Waals surface area contributed by atoms with Gasteiger partial charge >= 0.3 is 5.97 Å². The number of aromatic carboxylic acids is 1. The fourth-order valence-corrected chi connectivity index (χ4v) is 3.86. The summed E-state index contributed by atoms with van der Waals surface area (Å²) in [4.78, 5) is 15.4. The molecule has 1 atom stereocenters. The summed E-state index contributed by atoms with van der Waals surface area (Å²) in [6.45, 7) is 1.95. The molecule has 28 heavy (non-hydrogen) atoms. The third-order valence-corrected chi connectivity index (χ3v) is 5.60. The van der Waals surface area contributed by atoms with E-state index in [9.17, 15) is 9.00 Å². The summed E-state index contributed by atoms with van der Waals surface area (Å²) >= 11 is 0. The molecular weight excluding hydrogens is 372 g/mol. The Balaban J connectivity index is 1.99. The zero-order valence-corrected chi connectivity index (χ0v) is 16.2. The van der Waals surface area contributed by atoms with Gasteiger partial charge in [0, 0.05) is 22.9 Å². The summed E-state index contributed by atoms with van der Waals surface area (Å²) in [6.07, 6.45) is 3.02. The molecule has 0 bridgehead atoms. The first-order valence-electron chi connectivity index (χ1n) is 8.44. The molecule has 1 heterocycles. The van der Waals surface area contributed by atoms with Crippen molar-refractivity contribution in [2.24, 2.45) is 4.36 Å². The number of pyridine rings is 1. The Labute approximate surface area is 164 Å². The normalized spacial score (nSPS) is 12.4. The summed E-state index contributed by atoms with van der Waals surface area (Å²) in [7, 11) is -2.63. The maximum atomic E-state index is 13.2. The predicted octanol–water partition coefficient (Wildman–Crippen LogP) is 4.28. The van der Waals surface area contributed by atoms with Gasteiger partial charge in [-0.15, -0.1) is 0 Å². The van der Waals surface area contributed by atoms with Gasteiger partial charge in [-0.3, -0.25) is 0 Å². The number of carboxylic acid groups (broad SMARTS) is 1. The van der Waals surface area contributed by atoms with Gasteiger partial charge in [0.2, 0.25) is 0 Å². The fraction of sp³-hybridized carbons (Fsp3) is 0.0909. The zero-order chi connectivity index (χ0) is 20.1. The van der Waals surface area contributed by atoms with Gasteiger partial charge in [0.15, 0.2) is 0 Å². The van der Waals surface area contributed by atoms with Crippen LogP contribution in [0.4, 0.5) is 5.69 Å². The van der Waals surface area contributed by atoms with Gasteiger partial charge in [-0.2, -0.15) is 4.36 Å². The van der Waals surface area contributed by atoms with Crippen molar-refractivity contribution in [2.45, 2.75) is 11.8 Å². The minimum Gasteiger partial charge on any atom is -0.477 e. The highest BCUT2D eigenvalue weighted by Gasteiger charge is 2.08. The molecule has 3 aromatic rings. The Bertz CT molecular complexity index is 1210. The zero-order valence-electron chi connectivity index (χ0n) is 15.4. The first kappa shape index (κ1) is 19.3. The minimum atomic E-state index is -2.63. The number of carbonyl (C=O) groups is 1. The van der Waals surface area contributed by atoms with Gasteiger partial charge in [0.25, 0.3) is 0 Å². The van der Waals surface area contributed by atoms with Crippen LogP contribution in [0.15, 0.2) is 76.1 Å². The molecule has 6 heteroatoms. The van der Waals surface area contributed by atoms with Crippen LogP contribution in [0.2, 0.25) is 0 Å². The first-order valence-corrected chi connectivity index (χ1v) is 10.4. The molecule has 0 fully saturated rings. The lowest BCUT2D eigenvalue weighted by atomic mass is 10.1. The van der Waals surface area contributed by atoms with Crippen molar-refractivity contribution in [3.8, 4) is 11.8 Å². The molecule has 5 nitrogen and oxygen atoms in total. The predicted molar refractivity (Wildman–Crippen MR) is 109 cm³/mol. The summed E-state index contributed by atoms with van der Waals surface area (Å²) in [5.41, 5.74) is 2.74. The maximum absolute atomic E-state index is 13.2. The van der Waals surface area contributed by atoms with Crippen LogP contribution < -0.4 is 0 Å². The van der Waals surface area contributed by atoms with E-state index >= 15 is 0 Å². The topological polar surface area (TPSA) is 79.6 Å². The molecule has 0 spiro atoms. The second-order valence-electron chi connectivity index (χ2n) is 6.21. The third-order valence-electron chi connectivity index (χ3n) is 3.93. The second-order valence-corrected chi connectivity index (χ2v) is 8.47. The quantitative estimate of drug-likeness (QED) is 0.677. The van der Waals surface area contributed by atoms with Gasteiger partial charge < -0.3 is 5.11 Å². The lowest BCUT2D eigenvalue weighted by Gasteiger charge is -2.06. The van der Waals surface area contributed by atoms with Gasteiger partial charge in [-0.1, -0.05) is 36.1 Å². The molecule has 2 aromatic carbocycles. The average molecular weight is 390 g/mol. The molecule has 0 aliphatic heterocycles. The lowest BCUT2D eigenvalue weighted by molar-refractivity contribution is 0.0690. The molecular formula is C22H18N2O3S. The number of aromatic nitrogens is 1. The van der Waals surface area contributed by atoms with Crippen molar-refractivity contribution in [3.63, 3.8) is 0 Å². The van der Waals surface area contributed by atoms with Gasteiger partial charge in [0.1, 0.15) is 5.69 Å². The SMILES string of the molecule is Cc1cccc(S(C)(=O)=Nc2ccccc2C#Cc2ccc(C(=O)O)nc2)c1. The van der Waals surface area contributed by atoms with Crippen molar-refractivity contribution in [3.05, 3.63) is 89.2 Å². The summed E-state index contributed by atoms with van der Waals surface area (Å²) in [5.74, 6) is 4.87. The van der Waals surface area contributed by atoms with Crippen LogP contribution in [-0.2, 0) is 9.73 Å². The fourth-order valence-electron chi connectivity index (χ4n) is 2.48. The standard InChI is InChI=1S/C22H18N2O3S/c1-16-6-5-8-19(14-16)28(2,27)24-20-9-4-3-7-18(20)12-10-17-11-13-21(22(25)26)23-15-17/h3-9,11,13-15H,1-2H3,(H,25,26). The molecule has 1 unspecified atom stereocenters. The average Bonchev–Trinajstić information content (AvgIpc) is 2.67. The van der Waals surface area contributed by atoms with E-state index in [1.165, 1.54) is 12.3 Å². The first-order chi connectivity index (χ1) is 13.3. The highest BCUT2D eigenvalue weighted by Crippen LogP contribution is 2.23. The molecule has 0 radical (unpaired) electrons. The van der Waals surface area contributed by atoms with Crippen LogP contribution in [-0.4, -0.2) is 26.5 Å². The monoisotopic (exact) mass is 390 g/mol. The Morgan fingerprint density at radius 1 is 1.07 bits per heavy atom. The number of nitrogens with zero attached hydrogens (tertiary/aromatic N) is 2. The van der Waals surface area contributed by atoms with Crippen molar-refractivity contribution >= 4 is 21.4 Å². The van der Waals surface area contributed by atoms with Crippen LogP contribution in [0.1, 0.15) is 27.2 Å². The van der Waals surface area contributed by atoms with Crippen molar-refractivity contribution < 1.29 is 14.1 Å². The minimum absolute atomic E-state index is 0.0372. The molecule has 3 rings (SSSR count). The van der Waals surface area contributed by atoms with E-state index in [4.69, 9.17) is 5.11 Å². The van der Waals surface area contributed by atoms with Gasteiger partial charge in [-0.05, 0) is 48.9 Å². The molecule has 0 aliphatic carbocycles. The molecule has 1 N–H and O–H groups in total. The van der Waals surface area contributed by atoms with E-state index in [1.54, 1.807) is 24.5 Å². The number of aryl methyl sites for hydroxylation is 1. The molecule has 0 amide bonds. The van der Waals surface area contributed by atoms with Gasteiger partial charge in [0.05, 0.1) is 21.0 Å². The van der Waals surface area contributed by atoms with Crippen LogP contribution in [0.25, 0.3) is 0 Å². The van der Waals surface area contributed by atoms with Crippen LogP contribution in [0, 0.1) is 18.8 Å². The van der Waals surface area contributed by atoms with Gasteiger partial charge in [-0.25, -0.2) is 14.0 Å². The molecule has 140 valence electrons. The molecule has 0 saturated heterocycles. The second kappa shape index (κ2) is 8.07. The summed E-state index contributed by atoms with van der Waals surface area (Å²) < 4.78 is 17.6. The number of carboxylic acids is 1. The highest BCUT2D eigenvalue weighted by molar-refractivity contribution is 7.93. The highest BCUT2D eigenvalue weighted by atomic mass is 32.2. The van der Waals surface area contributed by atoms with E-state index in [-0.39, 0.29) is 5.69 Å². The van der Waals surface area contributed by atoms with E-state index in [0.29, 0.717) is 21.7 Å². The van der Waals surface area contributed by atoms with Crippen molar-refractivity contribution in [1.82, 2.24) is 4.98 Å². The molecule has 0 aliphatic rings. The lowest BCUT2D eigenvalue weighted by Crippen LogP contribution is -1.99. The Hall–Kier alpha value is -3.43. The van der Waals surface area contributed by atoms with E-state index in [2.05, 4.69) is 21.2 Å². The smallest absolute Gasteiger partial charge is 0.354 e. The van der Waals surface area contributed by atoms with Crippen LogP contribution in [0.3, 0.4) is 0 Å². The van der Waals surface area contributed by atoms with Crippen molar-refractivity contribution in [2.75, 3.05) is 6.26 Å². The number of benzene rings is 2. The summed E-state index contributed by atoms with van der Waals surface area (Å²) in [6, 6.07) is 17.7. The number of rotatable bonds is 3. The summed E-state index contributed by atoms with van der Waals surface area (Å²) in [5, 5.41) is 8.90. The van der Waals surface area contributed by atoms with Crippen molar-refractivity contribution in [1.29, 1.82) is 0 Å². The number of hydrogen-bond donors (Lipinski definition) is 1. The molecule has 1 aromatic heterocycles. The Morgan fingerprint density at radius 2 is 1.86 bits per heavy atom.